The van der Waals surface area contributed by atoms with Gasteiger partial charge in [0.2, 0.25) is 15.9 Å². The summed E-state index contributed by atoms with van der Waals surface area (Å²) in [5.41, 5.74) is 0. The molecule has 1 atom stereocenters. The standard InChI is InChI=1S/C10H13Cl2N3O3S/c1-3-13-10(16)6(2)15-19(17,18)8-4-7(11)5-14-9(8)12/h4-6,15H,3H2,1-2H3,(H,13,16). The first kappa shape index (κ1) is 16.2. The lowest BCUT2D eigenvalue weighted by atomic mass is 10.3. The van der Waals surface area contributed by atoms with Crippen LogP contribution < -0.4 is 10.0 Å². The van der Waals surface area contributed by atoms with Crippen molar-refractivity contribution in [2.24, 2.45) is 0 Å². The Kier molecular flexibility index (Phi) is 5.54. The van der Waals surface area contributed by atoms with Gasteiger partial charge < -0.3 is 5.32 Å². The zero-order chi connectivity index (χ0) is 14.6. The monoisotopic (exact) mass is 325 g/mol. The van der Waals surface area contributed by atoms with Crippen molar-refractivity contribution < 1.29 is 13.2 Å². The van der Waals surface area contributed by atoms with Crippen LogP contribution in [-0.4, -0.2) is 31.9 Å². The van der Waals surface area contributed by atoms with Crippen molar-refractivity contribution in [2.45, 2.75) is 24.8 Å². The highest BCUT2D eigenvalue weighted by Gasteiger charge is 2.24. The van der Waals surface area contributed by atoms with E-state index in [4.69, 9.17) is 23.2 Å². The normalized spacial score (nSPS) is 13.1. The molecule has 6 nitrogen and oxygen atoms in total. The van der Waals surface area contributed by atoms with Crippen LogP contribution in [0.2, 0.25) is 10.2 Å². The molecule has 0 aliphatic rings. The number of aromatic nitrogens is 1. The maximum absolute atomic E-state index is 12.1. The molecule has 2 N–H and O–H groups in total. The Morgan fingerprint density at radius 1 is 1.47 bits per heavy atom. The number of sulfonamides is 1. The molecular formula is C10H13Cl2N3O3S. The van der Waals surface area contributed by atoms with Gasteiger partial charge in [-0.05, 0) is 19.9 Å². The lowest BCUT2D eigenvalue weighted by Gasteiger charge is -2.14. The van der Waals surface area contributed by atoms with Crippen molar-refractivity contribution >= 4 is 39.1 Å². The van der Waals surface area contributed by atoms with Gasteiger partial charge in [-0.25, -0.2) is 13.4 Å². The zero-order valence-electron chi connectivity index (χ0n) is 10.3. The average molecular weight is 326 g/mol. The fourth-order valence-corrected chi connectivity index (χ4v) is 3.16. The number of carbonyl (C=O) groups excluding carboxylic acids is 1. The van der Waals surface area contributed by atoms with Crippen molar-refractivity contribution in [1.82, 2.24) is 15.0 Å². The van der Waals surface area contributed by atoms with Crippen LogP contribution in [0.5, 0.6) is 0 Å². The molecule has 0 spiro atoms. The summed E-state index contributed by atoms with van der Waals surface area (Å²) in [6, 6.07) is 0.240. The summed E-state index contributed by atoms with van der Waals surface area (Å²) in [7, 11) is -3.97. The topological polar surface area (TPSA) is 88.2 Å². The van der Waals surface area contributed by atoms with Gasteiger partial charge in [-0.1, -0.05) is 23.2 Å². The third kappa shape index (κ3) is 4.31. The van der Waals surface area contributed by atoms with Crippen LogP contribution in [0.1, 0.15) is 13.8 Å². The van der Waals surface area contributed by atoms with Gasteiger partial charge in [0, 0.05) is 12.7 Å². The van der Waals surface area contributed by atoms with E-state index in [2.05, 4.69) is 15.0 Å². The highest BCUT2D eigenvalue weighted by molar-refractivity contribution is 7.89. The van der Waals surface area contributed by atoms with Crippen molar-refractivity contribution in [2.75, 3.05) is 6.54 Å². The predicted molar refractivity (Wildman–Crippen MR) is 72.7 cm³/mol. The van der Waals surface area contributed by atoms with Gasteiger partial charge >= 0.3 is 0 Å². The van der Waals surface area contributed by atoms with Crippen molar-refractivity contribution in [3.63, 3.8) is 0 Å². The summed E-state index contributed by atoms with van der Waals surface area (Å²) in [6.45, 7) is 3.57. The molecule has 106 valence electrons. The molecule has 0 radical (unpaired) electrons. The van der Waals surface area contributed by atoms with Gasteiger partial charge in [0.1, 0.15) is 10.0 Å². The minimum atomic E-state index is -3.97. The van der Waals surface area contributed by atoms with E-state index < -0.39 is 22.0 Å². The highest BCUT2D eigenvalue weighted by atomic mass is 35.5. The summed E-state index contributed by atoms with van der Waals surface area (Å²) < 4.78 is 26.3. The van der Waals surface area contributed by atoms with E-state index in [0.29, 0.717) is 6.54 Å². The molecule has 1 aromatic heterocycles. The Hall–Kier alpha value is -0.890. The average Bonchev–Trinajstić information content (AvgIpc) is 2.31. The number of hydrogen-bond donors (Lipinski definition) is 2. The number of carbonyl (C=O) groups is 1. The Labute approximate surface area is 121 Å². The van der Waals surface area contributed by atoms with Gasteiger partial charge in [0.05, 0.1) is 11.1 Å². The summed E-state index contributed by atoms with van der Waals surface area (Å²) in [6.07, 6.45) is 1.23. The van der Waals surface area contributed by atoms with Crippen LogP contribution in [-0.2, 0) is 14.8 Å². The molecule has 0 fully saturated rings. The van der Waals surface area contributed by atoms with Crippen LogP contribution in [0.15, 0.2) is 17.2 Å². The van der Waals surface area contributed by atoms with Crippen LogP contribution in [0.4, 0.5) is 0 Å². The fraction of sp³-hybridized carbons (Fsp3) is 0.400. The van der Waals surface area contributed by atoms with Crippen LogP contribution in [0.25, 0.3) is 0 Å². The molecule has 1 unspecified atom stereocenters. The molecule has 0 aliphatic heterocycles. The molecule has 0 saturated carbocycles. The smallest absolute Gasteiger partial charge is 0.244 e. The highest BCUT2D eigenvalue weighted by Crippen LogP contribution is 2.22. The first-order valence-electron chi connectivity index (χ1n) is 5.39. The maximum atomic E-state index is 12.1. The Morgan fingerprint density at radius 3 is 2.68 bits per heavy atom. The number of nitrogens with zero attached hydrogens (tertiary/aromatic N) is 1. The minimum absolute atomic E-state index is 0.135. The molecule has 0 aromatic carbocycles. The van der Waals surface area contributed by atoms with E-state index >= 15 is 0 Å². The fourth-order valence-electron chi connectivity index (χ4n) is 1.27. The number of nitrogens with one attached hydrogen (secondary N) is 2. The number of amides is 1. The van der Waals surface area contributed by atoms with Crippen LogP contribution in [0.3, 0.4) is 0 Å². The second kappa shape index (κ2) is 6.51. The van der Waals surface area contributed by atoms with E-state index in [1.54, 1.807) is 6.92 Å². The number of pyridine rings is 1. The van der Waals surface area contributed by atoms with E-state index in [0.717, 1.165) is 0 Å². The molecule has 1 heterocycles. The van der Waals surface area contributed by atoms with Gasteiger partial charge in [0.25, 0.3) is 0 Å². The number of hydrogen-bond acceptors (Lipinski definition) is 4. The van der Waals surface area contributed by atoms with E-state index in [1.165, 1.54) is 19.2 Å². The van der Waals surface area contributed by atoms with E-state index in [1.807, 2.05) is 0 Å². The lowest BCUT2D eigenvalue weighted by Crippen LogP contribution is -2.44. The molecule has 1 rings (SSSR count). The van der Waals surface area contributed by atoms with Crippen molar-refractivity contribution in [3.8, 4) is 0 Å². The first-order valence-corrected chi connectivity index (χ1v) is 7.63. The summed E-state index contributed by atoms with van der Waals surface area (Å²) in [5, 5.41) is 2.43. The molecule has 0 aliphatic carbocycles. The van der Waals surface area contributed by atoms with Crippen LogP contribution in [0, 0.1) is 0 Å². The molecule has 1 aromatic rings. The molecule has 9 heteroatoms. The van der Waals surface area contributed by atoms with Gasteiger partial charge in [0.15, 0.2) is 0 Å². The molecule has 0 bridgehead atoms. The second-order valence-electron chi connectivity index (χ2n) is 3.68. The molecule has 19 heavy (non-hydrogen) atoms. The maximum Gasteiger partial charge on any atom is 0.244 e. The first-order chi connectivity index (χ1) is 8.77. The van der Waals surface area contributed by atoms with E-state index in [-0.39, 0.29) is 15.1 Å². The van der Waals surface area contributed by atoms with Crippen molar-refractivity contribution in [3.05, 3.63) is 22.4 Å². The third-order valence-electron chi connectivity index (χ3n) is 2.14. The van der Waals surface area contributed by atoms with Gasteiger partial charge in [-0.15, -0.1) is 0 Å². The second-order valence-corrected chi connectivity index (χ2v) is 6.16. The Balaban J connectivity index is 2.99. The van der Waals surface area contributed by atoms with Crippen molar-refractivity contribution in [1.29, 1.82) is 0 Å². The molecular weight excluding hydrogens is 313 g/mol. The van der Waals surface area contributed by atoms with E-state index in [9.17, 15) is 13.2 Å². The lowest BCUT2D eigenvalue weighted by molar-refractivity contribution is -0.122. The number of halogens is 2. The SMILES string of the molecule is CCNC(=O)C(C)NS(=O)(=O)c1cc(Cl)cnc1Cl. The quantitative estimate of drug-likeness (QED) is 0.796. The minimum Gasteiger partial charge on any atom is -0.355 e. The largest absolute Gasteiger partial charge is 0.355 e. The molecule has 0 saturated heterocycles. The zero-order valence-corrected chi connectivity index (χ0v) is 12.6. The summed E-state index contributed by atoms with van der Waals surface area (Å²) in [5.74, 6) is -0.433. The summed E-state index contributed by atoms with van der Waals surface area (Å²) in [4.78, 5) is 14.9. The van der Waals surface area contributed by atoms with Gasteiger partial charge in [-0.3, -0.25) is 4.79 Å². The Morgan fingerprint density at radius 2 is 2.11 bits per heavy atom. The number of likely N-dealkylation sites (N-methyl/N-ethyl adjacent to an activating group) is 1. The van der Waals surface area contributed by atoms with Crippen LogP contribution >= 0.6 is 23.2 Å². The number of rotatable bonds is 5. The predicted octanol–water partition coefficient (Wildman–Crippen LogP) is 1.19. The van der Waals surface area contributed by atoms with Gasteiger partial charge in [-0.2, -0.15) is 4.72 Å². The Bertz CT molecular complexity index is 577. The summed E-state index contributed by atoms with van der Waals surface area (Å²) >= 11 is 11.4. The third-order valence-corrected chi connectivity index (χ3v) is 4.31. The molecule has 1 amide bonds.